The zero-order valence-corrected chi connectivity index (χ0v) is 12.2. The number of aryl methyl sites for hydroxylation is 1. The Hall–Kier alpha value is -2.57. The second kappa shape index (κ2) is 6.74. The minimum atomic E-state index is -1.14. The summed E-state index contributed by atoms with van der Waals surface area (Å²) in [6.07, 6.45) is 0. The summed E-state index contributed by atoms with van der Waals surface area (Å²) in [6, 6.07) is 3.84. The summed E-state index contributed by atoms with van der Waals surface area (Å²) < 4.78 is 0. The highest BCUT2D eigenvalue weighted by Crippen LogP contribution is 2.18. The maximum absolute atomic E-state index is 12.2. The summed E-state index contributed by atoms with van der Waals surface area (Å²) in [5, 5.41) is 11.7. The molecule has 0 unspecified atom stereocenters. The number of carboxylic acid groups (broad SMARTS) is 1. The molecule has 1 aromatic carbocycles. The van der Waals surface area contributed by atoms with Gasteiger partial charge >= 0.3 is 12.0 Å². The Labute approximate surface area is 122 Å². The lowest BCUT2D eigenvalue weighted by molar-refractivity contribution is -0.118. The number of nitrogens with zero attached hydrogens (tertiary/aromatic N) is 1. The van der Waals surface area contributed by atoms with Crippen molar-refractivity contribution in [1.82, 2.24) is 4.90 Å². The maximum Gasteiger partial charge on any atom is 0.337 e. The van der Waals surface area contributed by atoms with Gasteiger partial charge in [-0.2, -0.15) is 0 Å². The maximum atomic E-state index is 12.2. The van der Waals surface area contributed by atoms with Crippen LogP contribution in [-0.2, 0) is 4.79 Å². The SMILES string of the molecule is Cc1ccc(NC(=O)N(CC(N)=O)C(C)C)c(C(=O)O)c1. The molecule has 1 rings (SSSR count). The molecule has 1 aromatic rings. The van der Waals surface area contributed by atoms with Gasteiger partial charge < -0.3 is 21.1 Å². The lowest BCUT2D eigenvalue weighted by atomic mass is 10.1. The third kappa shape index (κ3) is 4.48. The Morgan fingerprint density at radius 2 is 1.95 bits per heavy atom. The fourth-order valence-corrected chi connectivity index (χ4v) is 1.79. The van der Waals surface area contributed by atoms with Crippen molar-refractivity contribution in [2.75, 3.05) is 11.9 Å². The number of carbonyl (C=O) groups is 3. The molecule has 0 bridgehead atoms. The van der Waals surface area contributed by atoms with Crippen LogP contribution in [0.4, 0.5) is 10.5 Å². The number of nitrogens with two attached hydrogens (primary N) is 1. The summed E-state index contributed by atoms with van der Waals surface area (Å²) in [6.45, 7) is 4.98. The molecule has 0 radical (unpaired) electrons. The van der Waals surface area contributed by atoms with Gasteiger partial charge in [-0.25, -0.2) is 9.59 Å². The summed E-state index contributed by atoms with van der Waals surface area (Å²) >= 11 is 0. The number of primary amides is 1. The average molecular weight is 293 g/mol. The van der Waals surface area contributed by atoms with Gasteiger partial charge in [0.15, 0.2) is 0 Å². The topological polar surface area (TPSA) is 113 Å². The van der Waals surface area contributed by atoms with Crippen molar-refractivity contribution in [3.05, 3.63) is 29.3 Å². The van der Waals surface area contributed by atoms with Gasteiger partial charge in [0.05, 0.1) is 11.3 Å². The molecule has 7 heteroatoms. The number of urea groups is 1. The van der Waals surface area contributed by atoms with Crippen molar-refractivity contribution in [1.29, 1.82) is 0 Å². The smallest absolute Gasteiger partial charge is 0.337 e. The van der Waals surface area contributed by atoms with Crippen LogP contribution in [0.25, 0.3) is 0 Å². The predicted molar refractivity (Wildman–Crippen MR) is 78.2 cm³/mol. The average Bonchev–Trinajstić information content (AvgIpc) is 2.37. The van der Waals surface area contributed by atoms with Crippen LogP contribution in [0.2, 0.25) is 0 Å². The minimum Gasteiger partial charge on any atom is -0.478 e. The molecule has 0 aliphatic rings. The fourth-order valence-electron chi connectivity index (χ4n) is 1.79. The van der Waals surface area contributed by atoms with Gasteiger partial charge in [0.2, 0.25) is 5.91 Å². The molecule has 0 spiro atoms. The minimum absolute atomic E-state index is 0.00821. The van der Waals surface area contributed by atoms with E-state index in [4.69, 9.17) is 10.8 Å². The van der Waals surface area contributed by atoms with Gasteiger partial charge in [-0.05, 0) is 32.9 Å². The second-order valence-electron chi connectivity index (χ2n) is 4.97. The van der Waals surface area contributed by atoms with Crippen molar-refractivity contribution >= 4 is 23.6 Å². The Balaban J connectivity index is 3.01. The number of nitrogens with one attached hydrogen (secondary N) is 1. The van der Waals surface area contributed by atoms with Gasteiger partial charge in [0.25, 0.3) is 0 Å². The van der Waals surface area contributed by atoms with Gasteiger partial charge in [-0.3, -0.25) is 4.79 Å². The Kier molecular flexibility index (Phi) is 5.29. The first-order valence-electron chi connectivity index (χ1n) is 6.42. The zero-order chi connectivity index (χ0) is 16.2. The highest BCUT2D eigenvalue weighted by Gasteiger charge is 2.21. The molecular formula is C14H19N3O4. The molecule has 0 saturated heterocycles. The molecule has 0 aromatic heterocycles. The summed E-state index contributed by atoms with van der Waals surface area (Å²) in [7, 11) is 0. The van der Waals surface area contributed by atoms with Gasteiger partial charge in [0.1, 0.15) is 6.54 Å². The molecule has 0 atom stereocenters. The van der Waals surface area contributed by atoms with Crippen molar-refractivity contribution in [3.8, 4) is 0 Å². The second-order valence-corrected chi connectivity index (χ2v) is 4.97. The van der Waals surface area contributed by atoms with Crippen LogP contribution in [0.15, 0.2) is 18.2 Å². The number of benzene rings is 1. The Morgan fingerprint density at radius 1 is 1.33 bits per heavy atom. The molecule has 4 N–H and O–H groups in total. The first-order chi connectivity index (χ1) is 9.72. The molecule has 0 heterocycles. The number of amides is 3. The predicted octanol–water partition coefficient (Wildman–Crippen LogP) is 1.42. The number of rotatable bonds is 5. The van der Waals surface area contributed by atoms with E-state index in [1.54, 1.807) is 26.8 Å². The standard InChI is InChI=1S/C14H19N3O4/c1-8(2)17(7-12(15)18)14(21)16-11-5-4-9(3)6-10(11)13(19)20/h4-6,8H,7H2,1-3H3,(H2,15,18)(H,16,21)(H,19,20). The number of hydrogen-bond donors (Lipinski definition) is 3. The van der Waals surface area contributed by atoms with Crippen LogP contribution in [0.3, 0.4) is 0 Å². The monoisotopic (exact) mass is 293 g/mol. The quantitative estimate of drug-likeness (QED) is 0.762. The molecular weight excluding hydrogens is 274 g/mol. The summed E-state index contributed by atoms with van der Waals surface area (Å²) in [5.74, 6) is -1.78. The highest BCUT2D eigenvalue weighted by molar-refractivity contribution is 6.00. The van der Waals surface area contributed by atoms with E-state index in [1.165, 1.54) is 17.0 Å². The molecule has 7 nitrogen and oxygen atoms in total. The number of carbonyl (C=O) groups excluding carboxylic acids is 2. The Morgan fingerprint density at radius 3 is 2.43 bits per heavy atom. The van der Waals surface area contributed by atoms with E-state index < -0.39 is 17.9 Å². The molecule has 0 fully saturated rings. The lowest BCUT2D eigenvalue weighted by Crippen LogP contribution is -2.45. The van der Waals surface area contributed by atoms with Crippen molar-refractivity contribution in [2.45, 2.75) is 26.8 Å². The molecule has 114 valence electrons. The number of aromatic carboxylic acids is 1. The lowest BCUT2D eigenvalue weighted by Gasteiger charge is -2.25. The van der Waals surface area contributed by atoms with Crippen LogP contribution in [0.1, 0.15) is 29.8 Å². The number of anilines is 1. The van der Waals surface area contributed by atoms with Gasteiger partial charge in [0, 0.05) is 6.04 Å². The van der Waals surface area contributed by atoms with Crippen LogP contribution in [0.5, 0.6) is 0 Å². The van der Waals surface area contributed by atoms with Crippen molar-refractivity contribution < 1.29 is 19.5 Å². The molecule has 0 aliphatic carbocycles. The molecule has 3 amide bonds. The van der Waals surface area contributed by atoms with Gasteiger partial charge in [-0.15, -0.1) is 0 Å². The van der Waals surface area contributed by atoms with Gasteiger partial charge in [-0.1, -0.05) is 11.6 Å². The van der Waals surface area contributed by atoms with E-state index in [0.29, 0.717) is 0 Å². The van der Waals surface area contributed by atoms with Crippen molar-refractivity contribution in [3.63, 3.8) is 0 Å². The van der Waals surface area contributed by atoms with Crippen LogP contribution < -0.4 is 11.1 Å². The Bertz CT molecular complexity index is 569. The number of carboxylic acids is 1. The highest BCUT2D eigenvalue weighted by atomic mass is 16.4. The van der Waals surface area contributed by atoms with E-state index in [9.17, 15) is 14.4 Å². The third-order valence-corrected chi connectivity index (χ3v) is 2.86. The van der Waals surface area contributed by atoms with E-state index in [1.807, 2.05) is 0 Å². The number of hydrogen-bond acceptors (Lipinski definition) is 3. The zero-order valence-electron chi connectivity index (χ0n) is 12.2. The molecule has 0 aliphatic heterocycles. The summed E-state index contributed by atoms with van der Waals surface area (Å²) in [5.41, 5.74) is 6.04. The molecule has 0 saturated carbocycles. The molecule has 21 heavy (non-hydrogen) atoms. The summed E-state index contributed by atoms with van der Waals surface area (Å²) in [4.78, 5) is 35.6. The fraction of sp³-hybridized carbons (Fsp3) is 0.357. The normalized spacial score (nSPS) is 10.3. The van der Waals surface area contributed by atoms with Crippen LogP contribution >= 0.6 is 0 Å². The first kappa shape index (κ1) is 16.5. The van der Waals surface area contributed by atoms with Crippen LogP contribution in [-0.4, -0.2) is 40.5 Å². The first-order valence-corrected chi connectivity index (χ1v) is 6.42. The largest absolute Gasteiger partial charge is 0.478 e. The van der Waals surface area contributed by atoms with E-state index in [-0.39, 0.29) is 23.8 Å². The van der Waals surface area contributed by atoms with Crippen molar-refractivity contribution in [2.24, 2.45) is 5.73 Å². The van der Waals surface area contributed by atoms with Crippen LogP contribution in [0, 0.1) is 6.92 Å². The third-order valence-electron chi connectivity index (χ3n) is 2.86. The van der Waals surface area contributed by atoms with E-state index in [0.717, 1.165) is 5.56 Å². The van der Waals surface area contributed by atoms with E-state index >= 15 is 0 Å². The van der Waals surface area contributed by atoms with E-state index in [2.05, 4.69) is 5.32 Å².